The summed E-state index contributed by atoms with van der Waals surface area (Å²) in [7, 11) is 4.06. The maximum absolute atomic E-state index is 15.3. The highest BCUT2D eigenvalue weighted by Gasteiger charge is 2.24. The molecule has 1 atom stereocenters. The van der Waals surface area contributed by atoms with Gasteiger partial charge in [-0.25, -0.2) is 4.39 Å². The molecule has 2 aliphatic heterocycles. The lowest BCUT2D eigenvalue weighted by molar-refractivity contribution is 0.0245. The number of amidine groups is 1. The van der Waals surface area contributed by atoms with Crippen molar-refractivity contribution in [3.63, 3.8) is 0 Å². The predicted octanol–water partition coefficient (Wildman–Crippen LogP) is 4.46. The molecule has 8 nitrogen and oxygen atoms in total. The van der Waals surface area contributed by atoms with E-state index in [1.54, 1.807) is 6.07 Å². The lowest BCUT2D eigenvalue weighted by Crippen LogP contribution is -2.46. The molecular weight excluding hydrogens is 471 g/mol. The van der Waals surface area contributed by atoms with Gasteiger partial charge in [-0.05, 0) is 57.6 Å². The van der Waals surface area contributed by atoms with Crippen LogP contribution in [0.25, 0.3) is 6.08 Å². The van der Waals surface area contributed by atoms with Crippen molar-refractivity contribution in [1.82, 2.24) is 14.9 Å². The molecule has 0 spiro atoms. The molecule has 1 aliphatic carbocycles. The normalized spacial score (nSPS) is 19.2. The third-order valence-corrected chi connectivity index (χ3v) is 6.41. The van der Waals surface area contributed by atoms with E-state index in [0.717, 1.165) is 29.7 Å². The highest BCUT2D eigenvalue weighted by molar-refractivity contribution is 6.05. The van der Waals surface area contributed by atoms with Gasteiger partial charge < -0.3 is 24.6 Å². The number of rotatable bonds is 7. The van der Waals surface area contributed by atoms with Gasteiger partial charge in [0, 0.05) is 31.3 Å². The summed E-state index contributed by atoms with van der Waals surface area (Å²) in [5.74, 6) is 1.64. The number of anilines is 2. The number of aliphatic imine (C=N–C) groups is 1. The molecular formula is C28H33FN6O2. The number of benzene rings is 1. The molecule has 1 unspecified atom stereocenters. The molecule has 2 aromatic rings. The minimum Gasteiger partial charge on any atom is -0.421 e. The first kappa shape index (κ1) is 25.1. The third-order valence-electron chi connectivity index (χ3n) is 6.41. The van der Waals surface area contributed by atoms with Crippen molar-refractivity contribution in [2.24, 2.45) is 4.99 Å². The van der Waals surface area contributed by atoms with Crippen molar-refractivity contribution < 1.29 is 13.9 Å². The van der Waals surface area contributed by atoms with Gasteiger partial charge in [0.05, 0.1) is 19.3 Å². The van der Waals surface area contributed by atoms with E-state index >= 15 is 4.39 Å². The van der Waals surface area contributed by atoms with E-state index in [0.29, 0.717) is 49.3 Å². The van der Waals surface area contributed by atoms with E-state index in [-0.39, 0.29) is 17.9 Å². The summed E-state index contributed by atoms with van der Waals surface area (Å²) in [6, 6.07) is 5.50. The zero-order valence-electron chi connectivity index (χ0n) is 21.8. The lowest BCUT2D eigenvalue weighted by Gasteiger charge is -2.35. The number of hydrogen-bond donors (Lipinski definition) is 1. The van der Waals surface area contributed by atoms with Crippen LogP contribution in [-0.4, -0.2) is 73.7 Å². The summed E-state index contributed by atoms with van der Waals surface area (Å²) in [4.78, 5) is 18.0. The Labute approximate surface area is 217 Å². The SMILES string of the molecule is C/C=C/C1=CC(Nc2cc(N3CCOC(CN(C)C)C3)nc(Oc3ccc4c(c3F)C=C(C)C4)n2)=NC1. The average molecular weight is 505 g/mol. The summed E-state index contributed by atoms with van der Waals surface area (Å²) < 4.78 is 27.2. The Morgan fingerprint density at radius 1 is 1.27 bits per heavy atom. The van der Waals surface area contributed by atoms with Crippen LogP contribution in [0.1, 0.15) is 25.0 Å². The molecule has 1 aromatic heterocycles. The molecule has 1 aromatic carbocycles. The second-order valence-corrected chi connectivity index (χ2v) is 9.86. The number of likely N-dealkylation sites (N-methyl/N-ethyl adjacent to an activating group) is 1. The first-order valence-corrected chi connectivity index (χ1v) is 12.6. The zero-order chi connectivity index (χ0) is 25.9. The van der Waals surface area contributed by atoms with Gasteiger partial charge in [-0.1, -0.05) is 29.9 Å². The minimum absolute atomic E-state index is 0.0502. The van der Waals surface area contributed by atoms with Gasteiger partial charge in [-0.3, -0.25) is 4.99 Å². The zero-order valence-corrected chi connectivity index (χ0v) is 21.8. The fourth-order valence-electron chi connectivity index (χ4n) is 4.79. The number of aromatic nitrogens is 2. The molecule has 1 saturated heterocycles. The van der Waals surface area contributed by atoms with E-state index in [2.05, 4.69) is 30.1 Å². The topological polar surface area (TPSA) is 75.1 Å². The standard InChI is InChI=1S/C28H33FN6O2/c1-5-6-19-13-24(30-15-19)31-25-14-26(35-9-10-36-21(17-35)16-34(3)4)33-28(32-25)37-23-8-7-20-11-18(2)12-22(20)27(23)29/h5-8,12-14,21H,9-11,15-17H2,1-4H3,(H,30,31,32,33)/b6-5+. The molecule has 0 amide bonds. The van der Waals surface area contributed by atoms with E-state index in [4.69, 9.17) is 9.47 Å². The fraction of sp³-hybridized carbons (Fsp3) is 0.393. The minimum atomic E-state index is -0.394. The van der Waals surface area contributed by atoms with Crippen LogP contribution in [0.3, 0.4) is 0 Å². The van der Waals surface area contributed by atoms with Crippen molar-refractivity contribution in [3.05, 3.63) is 64.5 Å². The van der Waals surface area contributed by atoms with Gasteiger partial charge in [-0.2, -0.15) is 9.97 Å². The van der Waals surface area contributed by atoms with Crippen molar-refractivity contribution >= 4 is 23.5 Å². The van der Waals surface area contributed by atoms with E-state index in [9.17, 15) is 0 Å². The van der Waals surface area contributed by atoms with Gasteiger partial charge in [0.2, 0.25) is 0 Å². The molecule has 3 heterocycles. The van der Waals surface area contributed by atoms with Crippen LogP contribution in [0.5, 0.6) is 11.8 Å². The quantitative estimate of drug-likeness (QED) is 0.597. The van der Waals surface area contributed by atoms with Gasteiger partial charge in [0.25, 0.3) is 0 Å². The monoisotopic (exact) mass is 504 g/mol. The van der Waals surface area contributed by atoms with Crippen molar-refractivity contribution in [1.29, 1.82) is 0 Å². The largest absolute Gasteiger partial charge is 0.421 e. The summed E-state index contributed by atoms with van der Waals surface area (Å²) in [6.45, 7) is 7.34. The highest BCUT2D eigenvalue weighted by atomic mass is 19.1. The van der Waals surface area contributed by atoms with Gasteiger partial charge in [0.1, 0.15) is 17.5 Å². The fourth-order valence-corrected chi connectivity index (χ4v) is 4.79. The van der Waals surface area contributed by atoms with Crippen LogP contribution in [0.15, 0.2) is 52.6 Å². The van der Waals surface area contributed by atoms with Gasteiger partial charge in [-0.15, -0.1) is 0 Å². The smallest absolute Gasteiger partial charge is 0.326 e. The Hall–Kier alpha value is -3.56. The molecule has 3 aliphatic rings. The maximum Gasteiger partial charge on any atom is 0.326 e. The number of hydrogen-bond acceptors (Lipinski definition) is 8. The summed E-state index contributed by atoms with van der Waals surface area (Å²) in [6.07, 6.45) is 8.68. The van der Waals surface area contributed by atoms with Crippen LogP contribution in [0.2, 0.25) is 0 Å². The molecule has 0 bridgehead atoms. The Bertz CT molecular complexity index is 1300. The molecule has 1 N–H and O–H groups in total. The van der Waals surface area contributed by atoms with Crippen molar-refractivity contribution in [2.75, 3.05) is 57.1 Å². The van der Waals surface area contributed by atoms with Gasteiger partial charge in [0.15, 0.2) is 11.6 Å². The summed E-state index contributed by atoms with van der Waals surface area (Å²) in [5.41, 5.74) is 3.77. The van der Waals surface area contributed by atoms with Crippen LogP contribution >= 0.6 is 0 Å². The predicted molar refractivity (Wildman–Crippen MR) is 145 cm³/mol. The number of allylic oxidation sites excluding steroid dienone is 2. The first-order chi connectivity index (χ1) is 17.9. The average Bonchev–Trinajstić information content (AvgIpc) is 3.46. The summed E-state index contributed by atoms with van der Waals surface area (Å²) >= 11 is 0. The third kappa shape index (κ3) is 5.89. The van der Waals surface area contributed by atoms with Crippen LogP contribution in [0.4, 0.5) is 16.0 Å². The number of halogens is 1. The number of morpholine rings is 1. The first-order valence-electron chi connectivity index (χ1n) is 12.6. The number of nitrogens with zero attached hydrogens (tertiary/aromatic N) is 5. The Morgan fingerprint density at radius 2 is 2.14 bits per heavy atom. The van der Waals surface area contributed by atoms with Crippen molar-refractivity contribution in [2.45, 2.75) is 26.4 Å². The van der Waals surface area contributed by atoms with Crippen LogP contribution < -0.4 is 15.0 Å². The number of nitrogens with one attached hydrogen (secondary N) is 1. The summed E-state index contributed by atoms with van der Waals surface area (Å²) in [5, 5.41) is 3.28. The van der Waals surface area contributed by atoms with Gasteiger partial charge >= 0.3 is 6.01 Å². The maximum atomic E-state index is 15.3. The van der Waals surface area contributed by atoms with E-state index < -0.39 is 5.82 Å². The molecule has 0 saturated carbocycles. The molecule has 194 valence electrons. The molecule has 1 fully saturated rings. The second-order valence-electron chi connectivity index (χ2n) is 9.86. The Morgan fingerprint density at radius 3 is 2.95 bits per heavy atom. The van der Waals surface area contributed by atoms with E-state index in [1.165, 1.54) is 0 Å². The highest BCUT2D eigenvalue weighted by Crippen LogP contribution is 2.34. The molecule has 0 radical (unpaired) electrons. The van der Waals surface area contributed by atoms with Crippen LogP contribution in [0, 0.1) is 5.82 Å². The second kappa shape index (κ2) is 10.8. The number of fused-ring (bicyclic) bond motifs is 1. The molecule has 5 rings (SSSR count). The van der Waals surface area contributed by atoms with Crippen LogP contribution in [-0.2, 0) is 11.2 Å². The Kier molecular flexibility index (Phi) is 7.34. The number of ether oxygens (including phenoxy) is 2. The Balaban J connectivity index is 1.45. The van der Waals surface area contributed by atoms with Crippen molar-refractivity contribution in [3.8, 4) is 11.8 Å². The lowest BCUT2D eigenvalue weighted by atomic mass is 10.1. The molecule has 9 heteroatoms. The molecule has 37 heavy (non-hydrogen) atoms. The van der Waals surface area contributed by atoms with E-state index in [1.807, 2.05) is 64.4 Å².